The third kappa shape index (κ3) is 5.52. The predicted molar refractivity (Wildman–Crippen MR) is 136 cm³/mol. The normalized spacial score (nSPS) is 11.1. The number of hydrogen-bond acceptors (Lipinski definition) is 6. The summed E-state index contributed by atoms with van der Waals surface area (Å²) in [5.41, 5.74) is 5.56. The molecule has 0 aliphatic carbocycles. The summed E-state index contributed by atoms with van der Waals surface area (Å²) in [7, 11) is 0. The van der Waals surface area contributed by atoms with Gasteiger partial charge in [-0.2, -0.15) is 5.10 Å². The lowest BCUT2D eigenvalue weighted by Gasteiger charge is -2.13. The molecule has 0 aliphatic heterocycles. The fraction of sp³-hybridized carbons (Fsp3) is 0.154. The summed E-state index contributed by atoms with van der Waals surface area (Å²) >= 11 is 1.18. The van der Waals surface area contributed by atoms with E-state index in [-0.39, 0.29) is 17.2 Å². The maximum atomic E-state index is 13.3. The molecule has 0 saturated carbocycles. The molecule has 1 amide bonds. The van der Waals surface area contributed by atoms with Crippen LogP contribution in [0.3, 0.4) is 0 Å². The lowest BCUT2D eigenvalue weighted by molar-refractivity contribution is -0.118. The first-order valence-corrected chi connectivity index (χ1v) is 11.8. The summed E-state index contributed by atoms with van der Waals surface area (Å²) in [6, 6.07) is 22.2. The van der Waals surface area contributed by atoms with Crippen LogP contribution in [0.1, 0.15) is 18.1 Å². The van der Waals surface area contributed by atoms with Gasteiger partial charge in [0.05, 0.1) is 35.2 Å². The van der Waals surface area contributed by atoms with E-state index in [9.17, 15) is 9.59 Å². The van der Waals surface area contributed by atoms with Crippen LogP contribution in [-0.4, -0.2) is 34.0 Å². The van der Waals surface area contributed by atoms with Gasteiger partial charge in [-0.25, -0.2) is 10.4 Å². The maximum absolute atomic E-state index is 13.3. The van der Waals surface area contributed by atoms with Gasteiger partial charge in [0.1, 0.15) is 5.75 Å². The van der Waals surface area contributed by atoms with Crippen molar-refractivity contribution < 1.29 is 9.53 Å². The Morgan fingerprint density at radius 1 is 1.12 bits per heavy atom. The number of aryl methyl sites for hydroxylation is 1. The van der Waals surface area contributed by atoms with Crippen molar-refractivity contribution in [3.8, 4) is 11.4 Å². The minimum Gasteiger partial charge on any atom is -0.494 e. The number of rotatable bonds is 8. The molecule has 0 spiro atoms. The second-order valence-electron chi connectivity index (χ2n) is 7.47. The first-order chi connectivity index (χ1) is 16.5. The predicted octanol–water partition coefficient (Wildman–Crippen LogP) is 4.34. The number of hydrogen-bond donors (Lipinski definition) is 1. The van der Waals surface area contributed by atoms with Crippen LogP contribution in [0.4, 0.5) is 0 Å². The number of thioether (sulfide) groups is 1. The second-order valence-corrected chi connectivity index (χ2v) is 8.42. The van der Waals surface area contributed by atoms with Gasteiger partial charge < -0.3 is 4.74 Å². The fourth-order valence-electron chi connectivity index (χ4n) is 3.39. The van der Waals surface area contributed by atoms with E-state index in [0.717, 1.165) is 11.1 Å². The highest BCUT2D eigenvalue weighted by molar-refractivity contribution is 7.99. The third-order valence-corrected chi connectivity index (χ3v) is 5.87. The summed E-state index contributed by atoms with van der Waals surface area (Å²) in [6.45, 7) is 4.46. The second kappa shape index (κ2) is 10.8. The van der Waals surface area contributed by atoms with Crippen LogP contribution >= 0.6 is 11.8 Å². The average molecular weight is 473 g/mol. The van der Waals surface area contributed by atoms with Crippen molar-refractivity contribution in [2.24, 2.45) is 5.10 Å². The molecule has 1 aromatic heterocycles. The minimum absolute atomic E-state index is 0.0486. The molecule has 0 fully saturated rings. The lowest BCUT2D eigenvalue weighted by Crippen LogP contribution is -2.24. The molecule has 1 heterocycles. The van der Waals surface area contributed by atoms with E-state index >= 15 is 0 Å². The van der Waals surface area contributed by atoms with Gasteiger partial charge in [0.25, 0.3) is 11.5 Å². The monoisotopic (exact) mass is 472 g/mol. The van der Waals surface area contributed by atoms with Crippen molar-refractivity contribution in [1.29, 1.82) is 0 Å². The largest absolute Gasteiger partial charge is 0.494 e. The molecule has 0 atom stereocenters. The Labute approximate surface area is 201 Å². The molecule has 4 rings (SSSR count). The zero-order chi connectivity index (χ0) is 23.9. The molecule has 0 bridgehead atoms. The van der Waals surface area contributed by atoms with Crippen LogP contribution < -0.4 is 15.7 Å². The van der Waals surface area contributed by atoms with Crippen LogP contribution in [0.15, 0.2) is 87.8 Å². The number of nitrogens with zero attached hydrogens (tertiary/aromatic N) is 3. The number of nitrogens with one attached hydrogen (secondary N) is 1. The van der Waals surface area contributed by atoms with Gasteiger partial charge >= 0.3 is 0 Å². The molecule has 0 unspecified atom stereocenters. The molecule has 34 heavy (non-hydrogen) atoms. The number of carbonyl (C=O) groups excluding carboxylic acids is 1. The van der Waals surface area contributed by atoms with E-state index in [1.54, 1.807) is 36.5 Å². The number of ether oxygens (including phenoxy) is 1. The van der Waals surface area contributed by atoms with E-state index < -0.39 is 0 Å². The van der Waals surface area contributed by atoms with Crippen molar-refractivity contribution in [3.05, 3.63) is 94.3 Å². The Morgan fingerprint density at radius 3 is 2.68 bits per heavy atom. The number of hydrazone groups is 1. The summed E-state index contributed by atoms with van der Waals surface area (Å²) in [5, 5.41) is 4.96. The molecular formula is C26H24N4O3S. The van der Waals surface area contributed by atoms with Crippen LogP contribution in [-0.2, 0) is 4.79 Å². The van der Waals surface area contributed by atoms with Gasteiger partial charge in [-0.3, -0.25) is 14.2 Å². The van der Waals surface area contributed by atoms with E-state index in [2.05, 4.69) is 15.5 Å². The highest BCUT2D eigenvalue weighted by atomic mass is 32.2. The molecule has 0 radical (unpaired) electrons. The van der Waals surface area contributed by atoms with E-state index in [0.29, 0.717) is 34.1 Å². The quantitative estimate of drug-likeness (QED) is 0.179. The van der Waals surface area contributed by atoms with Gasteiger partial charge in [0.2, 0.25) is 0 Å². The molecule has 4 aromatic rings. The number of fused-ring (bicyclic) bond motifs is 1. The van der Waals surface area contributed by atoms with E-state index in [1.807, 2.05) is 56.3 Å². The van der Waals surface area contributed by atoms with Crippen molar-refractivity contribution in [2.45, 2.75) is 19.0 Å². The average Bonchev–Trinajstić information content (AvgIpc) is 2.84. The van der Waals surface area contributed by atoms with E-state index in [1.165, 1.54) is 16.3 Å². The Bertz CT molecular complexity index is 1400. The van der Waals surface area contributed by atoms with Gasteiger partial charge in [-0.15, -0.1) is 0 Å². The molecule has 7 nitrogen and oxygen atoms in total. The van der Waals surface area contributed by atoms with Crippen LogP contribution in [0, 0.1) is 6.92 Å². The van der Waals surface area contributed by atoms with Crippen LogP contribution in [0.5, 0.6) is 5.75 Å². The van der Waals surface area contributed by atoms with Gasteiger partial charge in [0, 0.05) is 0 Å². The van der Waals surface area contributed by atoms with Gasteiger partial charge in [0.15, 0.2) is 5.16 Å². The number of carbonyl (C=O) groups is 1. The van der Waals surface area contributed by atoms with Crippen molar-refractivity contribution >= 4 is 34.8 Å². The Morgan fingerprint density at radius 2 is 1.91 bits per heavy atom. The third-order valence-electron chi connectivity index (χ3n) is 4.93. The minimum atomic E-state index is -0.297. The number of benzene rings is 3. The van der Waals surface area contributed by atoms with Gasteiger partial charge in [-0.05, 0) is 55.8 Å². The van der Waals surface area contributed by atoms with Gasteiger partial charge in [-0.1, -0.05) is 53.7 Å². The number of para-hydroxylation sites is 1. The van der Waals surface area contributed by atoms with Crippen LogP contribution in [0.2, 0.25) is 0 Å². The van der Waals surface area contributed by atoms with Crippen molar-refractivity contribution in [2.75, 3.05) is 12.4 Å². The zero-order valence-corrected chi connectivity index (χ0v) is 19.7. The zero-order valence-electron chi connectivity index (χ0n) is 18.9. The van der Waals surface area contributed by atoms with E-state index in [4.69, 9.17) is 4.74 Å². The highest BCUT2D eigenvalue weighted by Gasteiger charge is 2.15. The first-order valence-electron chi connectivity index (χ1n) is 10.8. The fourth-order valence-corrected chi connectivity index (χ4v) is 4.19. The summed E-state index contributed by atoms with van der Waals surface area (Å²) in [6.07, 6.45) is 1.60. The lowest BCUT2D eigenvalue weighted by atomic mass is 10.2. The molecule has 0 saturated heterocycles. The maximum Gasteiger partial charge on any atom is 0.266 e. The SMILES string of the molecule is CCOc1ccc(-n2c(SCC(=O)NN=Cc3cccc(C)c3)nc3ccccc3c2=O)cc1. The number of aromatic nitrogens is 2. The highest BCUT2D eigenvalue weighted by Crippen LogP contribution is 2.22. The first kappa shape index (κ1) is 23.3. The smallest absolute Gasteiger partial charge is 0.266 e. The van der Waals surface area contributed by atoms with Crippen molar-refractivity contribution in [1.82, 2.24) is 15.0 Å². The Hall–Kier alpha value is -3.91. The summed E-state index contributed by atoms with van der Waals surface area (Å²) < 4.78 is 7.03. The molecule has 0 aliphatic rings. The summed E-state index contributed by atoms with van der Waals surface area (Å²) in [4.78, 5) is 30.4. The molecule has 8 heteroatoms. The van der Waals surface area contributed by atoms with Crippen molar-refractivity contribution in [3.63, 3.8) is 0 Å². The molecule has 172 valence electrons. The Balaban J connectivity index is 1.56. The standard InChI is InChI=1S/C26H24N4O3S/c1-3-33-21-13-11-20(12-14-21)30-25(32)22-9-4-5-10-23(22)28-26(30)34-17-24(31)29-27-16-19-8-6-7-18(2)15-19/h4-16H,3,17H2,1-2H3,(H,29,31). The topological polar surface area (TPSA) is 85.6 Å². The summed E-state index contributed by atoms with van der Waals surface area (Å²) in [5.74, 6) is 0.468. The molecule has 3 aromatic carbocycles. The van der Waals surface area contributed by atoms with Crippen LogP contribution in [0.25, 0.3) is 16.6 Å². The number of amides is 1. The Kier molecular flexibility index (Phi) is 7.39. The molecule has 1 N–H and O–H groups in total. The molecular weight excluding hydrogens is 448 g/mol.